The number of benzene rings is 1. The zero-order valence-corrected chi connectivity index (χ0v) is 36.3. The molecule has 1 heterocycles. The zero-order chi connectivity index (χ0) is 44.8. The van der Waals surface area contributed by atoms with Gasteiger partial charge in [-0.2, -0.15) is 0 Å². The van der Waals surface area contributed by atoms with E-state index in [2.05, 4.69) is 9.05 Å². The number of nitrogens with zero attached hydrogens (tertiary/aromatic N) is 3. The van der Waals surface area contributed by atoms with Gasteiger partial charge in [0.15, 0.2) is 11.4 Å². The maximum atomic E-state index is 14.1. The van der Waals surface area contributed by atoms with Crippen molar-refractivity contribution in [1.29, 1.82) is 0 Å². The Kier molecular flexibility index (Phi) is 19.8. The van der Waals surface area contributed by atoms with Crippen molar-refractivity contribution < 1.29 is 90.1 Å². The second-order valence-electron chi connectivity index (χ2n) is 14.3. The number of methoxy groups -OCH3 is 1. The van der Waals surface area contributed by atoms with Gasteiger partial charge >= 0.3 is 27.6 Å². The molecule has 59 heavy (non-hydrogen) atoms. The normalized spacial score (nSPS) is 12.3. The van der Waals surface area contributed by atoms with E-state index in [-0.39, 0.29) is 83.1 Å². The van der Waals surface area contributed by atoms with Crippen molar-refractivity contribution in [2.45, 2.75) is 27.7 Å². The van der Waals surface area contributed by atoms with E-state index in [1.165, 1.54) is 77.4 Å². The number of aromatic nitrogens is 1. The van der Waals surface area contributed by atoms with Gasteiger partial charge in [0.25, 0.3) is 11.8 Å². The summed E-state index contributed by atoms with van der Waals surface area (Å²) in [7, 11) is -2.09. The molecule has 2 aromatic rings. The van der Waals surface area contributed by atoms with E-state index in [4.69, 9.17) is 52.7 Å². The molecule has 0 radical (unpaired) electrons. The first kappa shape index (κ1) is 51.4. The highest BCUT2D eigenvalue weighted by atomic mass is 31.2. The lowest BCUT2D eigenvalue weighted by Gasteiger charge is -2.24. The largest absolute Gasteiger partial charge is 0.497 e. The molecule has 2 rings (SSSR count). The third-order valence-corrected chi connectivity index (χ3v) is 8.81. The fraction of sp³-hybridized carbons (Fsp3) is 0.600. The van der Waals surface area contributed by atoms with Crippen molar-refractivity contribution in [3.63, 3.8) is 0 Å². The molecule has 0 aliphatic rings. The van der Waals surface area contributed by atoms with Gasteiger partial charge in [0.05, 0.1) is 84.0 Å². The molecular weight excluding hydrogens is 828 g/mol. The summed E-state index contributed by atoms with van der Waals surface area (Å²) in [5.74, 6) is -3.98. The molecule has 0 bridgehead atoms. The molecule has 0 atom stereocenters. The van der Waals surface area contributed by atoms with E-state index in [1.807, 2.05) is 0 Å². The van der Waals surface area contributed by atoms with Crippen LogP contribution < -0.4 is 14.2 Å². The molecule has 1 aromatic heterocycles. The average Bonchev–Trinajstić information content (AvgIpc) is 3.44. The molecular formula is C35H55N3O19P2. The minimum Gasteiger partial charge on any atom is -0.497 e. The molecule has 1 aromatic carbocycles. The Bertz CT molecular complexity index is 1710. The van der Waals surface area contributed by atoms with Gasteiger partial charge in [0.1, 0.15) is 5.75 Å². The summed E-state index contributed by atoms with van der Waals surface area (Å²) in [5, 5.41) is 0. The van der Waals surface area contributed by atoms with E-state index < -0.39 is 61.7 Å². The fourth-order valence-corrected chi connectivity index (χ4v) is 5.25. The standard InChI is InChI=1S/C35H55N3O19P2/c1-34(2,22-52-16-14-50-18-20-54-58(43,44)45)32(41)56-28-26(30(39)36(5)6)38(24-10-12-25(49-9)13-11-24)27(31(40)37(7)8)29(28)57-33(42)35(3,4)23-53-17-15-51-19-21-55-59(46,47)48/h10-13H,14-23H2,1-9H3,(H2,43,44,45)(H2,46,47,48). The average molecular weight is 884 g/mol. The Hall–Kier alpha value is -3.76. The van der Waals surface area contributed by atoms with Gasteiger partial charge < -0.3 is 62.5 Å². The third kappa shape index (κ3) is 16.7. The Labute approximate surface area is 341 Å². The molecule has 24 heteroatoms. The van der Waals surface area contributed by atoms with Crippen LogP contribution in [0.1, 0.15) is 48.7 Å². The Balaban J connectivity index is 2.54. The molecule has 0 saturated heterocycles. The van der Waals surface area contributed by atoms with Crippen molar-refractivity contribution in [3.8, 4) is 22.9 Å². The third-order valence-electron chi connectivity index (χ3n) is 7.77. The minimum atomic E-state index is -4.64. The number of hydrogen-bond donors (Lipinski definition) is 4. The van der Waals surface area contributed by atoms with Gasteiger partial charge in [0, 0.05) is 33.9 Å². The van der Waals surface area contributed by atoms with Gasteiger partial charge in [-0.25, -0.2) is 9.13 Å². The first-order valence-corrected chi connectivity index (χ1v) is 20.9. The number of carbonyl (C=O) groups is 4. The first-order chi connectivity index (χ1) is 27.3. The molecule has 22 nitrogen and oxygen atoms in total. The highest BCUT2D eigenvalue weighted by molar-refractivity contribution is 7.46. The smallest absolute Gasteiger partial charge is 0.469 e. The zero-order valence-electron chi connectivity index (χ0n) is 34.5. The van der Waals surface area contributed by atoms with Gasteiger partial charge in [-0.05, 0) is 52.0 Å². The van der Waals surface area contributed by atoms with Crippen LogP contribution in [0.25, 0.3) is 5.69 Å². The van der Waals surface area contributed by atoms with Crippen LogP contribution in [0.5, 0.6) is 17.2 Å². The van der Waals surface area contributed by atoms with E-state index in [0.717, 1.165) is 0 Å². The van der Waals surface area contributed by atoms with Gasteiger partial charge in [-0.15, -0.1) is 0 Å². The monoisotopic (exact) mass is 883 g/mol. The number of phosphoric acid groups is 2. The Morgan fingerprint density at radius 1 is 0.593 bits per heavy atom. The second-order valence-corrected chi connectivity index (χ2v) is 16.8. The van der Waals surface area contributed by atoms with Gasteiger partial charge in [-0.1, -0.05) is 0 Å². The van der Waals surface area contributed by atoms with Crippen LogP contribution in [0, 0.1) is 10.8 Å². The molecule has 2 amide bonds. The number of carbonyl (C=O) groups excluding carboxylic acids is 4. The number of amides is 2. The number of ether oxygens (including phenoxy) is 7. The quantitative estimate of drug-likeness (QED) is 0.0598. The summed E-state index contributed by atoms with van der Waals surface area (Å²) in [6, 6.07) is 6.24. The molecule has 4 N–H and O–H groups in total. The van der Waals surface area contributed by atoms with Crippen molar-refractivity contribution in [1.82, 2.24) is 14.4 Å². The molecule has 0 fully saturated rings. The topological polar surface area (TPSA) is 278 Å². The van der Waals surface area contributed by atoms with E-state index in [0.29, 0.717) is 5.75 Å². The number of phosphoric ester groups is 2. The molecule has 0 spiro atoms. The minimum absolute atomic E-state index is 0.0151. The van der Waals surface area contributed by atoms with Gasteiger partial charge in [0.2, 0.25) is 11.5 Å². The maximum Gasteiger partial charge on any atom is 0.469 e. The Morgan fingerprint density at radius 3 is 1.25 bits per heavy atom. The van der Waals surface area contributed by atoms with Crippen LogP contribution >= 0.6 is 15.6 Å². The summed E-state index contributed by atoms with van der Waals surface area (Å²) < 4.78 is 70.4. The lowest BCUT2D eigenvalue weighted by atomic mass is 9.95. The summed E-state index contributed by atoms with van der Waals surface area (Å²) >= 11 is 0. The highest BCUT2D eigenvalue weighted by Gasteiger charge is 2.42. The predicted octanol–water partition coefficient (Wildman–Crippen LogP) is 2.04. The predicted molar refractivity (Wildman–Crippen MR) is 206 cm³/mol. The lowest BCUT2D eigenvalue weighted by molar-refractivity contribution is -0.150. The molecule has 0 unspecified atom stereocenters. The van der Waals surface area contributed by atoms with Gasteiger partial charge in [-0.3, -0.25) is 32.8 Å². The van der Waals surface area contributed by atoms with E-state index in [9.17, 15) is 28.3 Å². The van der Waals surface area contributed by atoms with Crippen LogP contribution in [-0.2, 0) is 46.7 Å². The summed E-state index contributed by atoms with van der Waals surface area (Å²) in [6.45, 7) is 4.37. The summed E-state index contributed by atoms with van der Waals surface area (Å²) in [5.41, 5.74) is -3.28. The van der Waals surface area contributed by atoms with Crippen LogP contribution in [0.15, 0.2) is 24.3 Å². The molecule has 0 saturated carbocycles. The maximum absolute atomic E-state index is 14.1. The van der Waals surface area contributed by atoms with Crippen molar-refractivity contribution in [3.05, 3.63) is 35.7 Å². The molecule has 334 valence electrons. The fourth-order valence-electron chi connectivity index (χ4n) is 4.62. The van der Waals surface area contributed by atoms with Crippen LogP contribution in [0.2, 0.25) is 0 Å². The lowest BCUT2D eigenvalue weighted by Crippen LogP contribution is -2.36. The Morgan fingerprint density at radius 2 is 0.932 bits per heavy atom. The SMILES string of the molecule is COc1ccc(-n2c(C(=O)N(C)C)c(OC(=O)C(C)(C)COCCOCCOP(=O)(O)O)c(OC(=O)C(C)(C)COCCOCCOP(=O)(O)O)c2C(=O)N(C)C)cc1. The van der Waals surface area contributed by atoms with Crippen LogP contribution in [0.3, 0.4) is 0 Å². The first-order valence-electron chi connectivity index (χ1n) is 17.8. The molecule has 0 aliphatic carbocycles. The van der Waals surface area contributed by atoms with Crippen molar-refractivity contribution >= 4 is 39.4 Å². The van der Waals surface area contributed by atoms with Crippen LogP contribution in [-0.4, -0.2) is 159 Å². The summed E-state index contributed by atoms with van der Waals surface area (Å²) in [4.78, 5) is 93.6. The summed E-state index contributed by atoms with van der Waals surface area (Å²) in [6.07, 6.45) is 0. The van der Waals surface area contributed by atoms with Crippen molar-refractivity contribution in [2.75, 3.05) is 101 Å². The highest BCUT2D eigenvalue weighted by Crippen LogP contribution is 2.44. The number of hydrogen-bond acceptors (Lipinski definition) is 15. The van der Waals surface area contributed by atoms with Crippen molar-refractivity contribution in [2.24, 2.45) is 10.8 Å². The van der Waals surface area contributed by atoms with E-state index in [1.54, 1.807) is 24.3 Å². The number of esters is 2. The van der Waals surface area contributed by atoms with Crippen LogP contribution in [0.4, 0.5) is 0 Å². The molecule has 0 aliphatic heterocycles. The second kappa shape index (κ2) is 22.7. The number of rotatable bonds is 26. The van der Waals surface area contributed by atoms with E-state index >= 15 is 0 Å².